The first-order valence-electron chi connectivity index (χ1n) is 6.24. The van der Waals surface area contributed by atoms with Crippen LogP contribution in [0.4, 0.5) is 0 Å². The smallest absolute Gasteiger partial charge is 0.153 e. The van der Waals surface area contributed by atoms with Gasteiger partial charge in [0.15, 0.2) is 5.84 Å². The Morgan fingerprint density at radius 1 is 1.61 bits per heavy atom. The van der Waals surface area contributed by atoms with Gasteiger partial charge in [0.05, 0.1) is 12.2 Å². The maximum atomic E-state index is 8.70. The summed E-state index contributed by atoms with van der Waals surface area (Å²) in [4.78, 5) is 2.21. The van der Waals surface area contributed by atoms with Gasteiger partial charge < -0.3 is 10.9 Å². The molecule has 1 saturated carbocycles. The molecule has 18 heavy (non-hydrogen) atoms. The third-order valence-corrected chi connectivity index (χ3v) is 3.35. The minimum absolute atomic E-state index is 0.241. The van der Waals surface area contributed by atoms with Crippen molar-refractivity contribution in [2.75, 3.05) is 6.54 Å². The molecule has 1 aliphatic rings. The molecular weight excluding hydrogens is 232 g/mol. The van der Waals surface area contributed by atoms with Gasteiger partial charge in [-0.05, 0) is 12.8 Å². The van der Waals surface area contributed by atoms with E-state index in [1.165, 1.54) is 25.7 Å². The summed E-state index contributed by atoms with van der Waals surface area (Å²) >= 11 is 0. The second-order valence-corrected chi connectivity index (χ2v) is 4.82. The fourth-order valence-corrected chi connectivity index (χ4v) is 2.50. The van der Waals surface area contributed by atoms with Crippen LogP contribution in [-0.2, 0) is 13.6 Å². The monoisotopic (exact) mass is 252 g/mol. The van der Waals surface area contributed by atoms with Gasteiger partial charge in [0.2, 0.25) is 0 Å². The van der Waals surface area contributed by atoms with Gasteiger partial charge in [-0.3, -0.25) is 9.58 Å². The molecule has 0 spiro atoms. The SMILES string of the molecule is Cn1cc(CN(C/C(N)=N/O)C2CCCC2)nn1. The second-order valence-electron chi connectivity index (χ2n) is 4.82. The lowest BCUT2D eigenvalue weighted by molar-refractivity contribution is 0.211. The fourth-order valence-electron chi connectivity index (χ4n) is 2.50. The predicted octanol–water partition coefficient (Wildman–Crippen LogP) is 0.306. The van der Waals surface area contributed by atoms with Crippen LogP contribution in [0.2, 0.25) is 0 Å². The Hall–Kier alpha value is -1.63. The van der Waals surface area contributed by atoms with Crippen molar-refractivity contribution in [3.8, 4) is 0 Å². The first-order chi connectivity index (χ1) is 8.69. The van der Waals surface area contributed by atoms with Gasteiger partial charge in [-0.15, -0.1) is 5.10 Å². The summed E-state index contributed by atoms with van der Waals surface area (Å²) in [6.07, 6.45) is 6.72. The quantitative estimate of drug-likeness (QED) is 0.340. The van der Waals surface area contributed by atoms with Gasteiger partial charge in [-0.25, -0.2) is 0 Å². The zero-order valence-corrected chi connectivity index (χ0v) is 10.7. The number of aromatic nitrogens is 3. The van der Waals surface area contributed by atoms with Crippen LogP contribution in [0.1, 0.15) is 31.4 Å². The summed E-state index contributed by atoms with van der Waals surface area (Å²) in [5.41, 5.74) is 6.53. The Labute approximate surface area is 106 Å². The Morgan fingerprint density at radius 3 is 2.89 bits per heavy atom. The fraction of sp³-hybridized carbons (Fsp3) is 0.727. The Balaban J connectivity index is 2.03. The molecule has 1 fully saturated rings. The standard InChI is InChI=1S/C11H20N6O/c1-16-6-9(13-15-16)7-17(8-11(12)14-18)10-4-2-3-5-10/h6,10,18H,2-5,7-8H2,1H3,(H2,12,14). The summed E-state index contributed by atoms with van der Waals surface area (Å²) in [6, 6.07) is 0.493. The molecule has 3 N–H and O–H groups in total. The molecule has 7 nitrogen and oxygen atoms in total. The van der Waals surface area contributed by atoms with Gasteiger partial charge in [0.1, 0.15) is 0 Å². The number of aryl methyl sites for hydroxylation is 1. The van der Waals surface area contributed by atoms with E-state index >= 15 is 0 Å². The normalized spacial score (nSPS) is 17.8. The number of nitrogens with two attached hydrogens (primary N) is 1. The maximum Gasteiger partial charge on any atom is 0.153 e. The van der Waals surface area contributed by atoms with E-state index in [0.717, 1.165) is 5.69 Å². The highest BCUT2D eigenvalue weighted by Gasteiger charge is 2.24. The van der Waals surface area contributed by atoms with E-state index in [1.807, 2.05) is 13.2 Å². The Kier molecular flexibility index (Phi) is 4.14. The molecular formula is C11H20N6O. The molecule has 7 heteroatoms. The summed E-state index contributed by atoms with van der Waals surface area (Å²) in [5, 5.41) is 19.8. The molecule has 100 valence electrons. The molecule has 0 amide bonds. The summed E-state index contributed by atoms with van der Waals surface area (Å²) in [5.74, 6) is 0.241. The average molecular weight is 252 g/mol. The lowest BCUT2D eigenvalue weighted by Crippen LogP contribution is -2.39. The van der Waals surface area contributed by atoms with Gasteiger partial charge in [-0.1, -0.05) is 23.2 Å². The molecule has 1 heterocycles. The van der Waals surface area contributed by atoms with Crippen LogP contribution in [0, 0.1) is 0 Å². The van der Waals surface area contributed by atoms with E-state index in [4.69, 9.17) is 10.9 Å². The molecule has 0 saturated heterocycles. The summed E-state index contributed by atoms with van der Waals surface area (Å²) in [6.45, 7) is 1.16. The highest BCUT2D eigenvalue weighted by atomic mass is 16.4. The number of nitrogens with zero attached hydrogens (tertiary/aromatic N) is 5. The van der Waals surface area contributed by atoms with E-state index in [0.29, 0.717) is 19.1 Å². The van der Waals surface area contributed by atoms with E-state index in [-0.39, 0.29) is 5.84 Å². The minimum Gasteiger partial charge on any atom is -0.409 e. The number of rotatable bonds is 5. The van der Waals surface area contributed by atoms with E-state index in [2.05, 4.69) is 20.4 Å². The Bertz CT molecular complexity index is 409. The molecule has 1 aromatic rings. The third kappa shape index (κ3) is 3.19. The van der Waals surface area contributed by atoms with Crippen molar-refractivity contribution in [1.29, 1.82) is 0 Å². The molecule has 2 rings (SSSR count). The van der Waals surface area contributed by atoms with Gasteiger partial charge >= 0.3 is 0 Å². The Morgan fingerprint density at radius 2 is 2.33 bits per heavy atom. The zero-order valence-electron chi connectivity index (χ0n) is 10.7. The number of hydrogen-bond acceptors (Lipinski definition) is 5. The lowest BCUT2D eigenvalue weighted by atomic mass is 10.2. The average Bonchev–Trinajstić information content (AvgIpc) is 2.99. The largest absolute Gasteiger partial charge is 0.409 e. The third-order valence-electron chi connectivity index (χ3n) is 3.35. The second kappa shape index (κ2) is 5.81. The maximum absolute atomic E-state index is 8.70. The van der Waals surface area contributed by atoms with Crippen molar-refractivity contribution >= 4 is 5.84 Å². The van der Waals surface area contributed by atoms with E-state index in [9.17, 15) is 0 Å². The summed E-state index contributed by atoms with van der Waals surface area (Å²) in [7, 11) is 1.85. The van der Waals surface area contributed by atoms with Crippen LogP contribution < -0.4 is 5.73 Å². The highest BCUT2D eigenvalue weighted by Crippen LogP contribution is 2.24. The van der Waals surface area contributed by atoms with Crippen LogP contribution in [0.15, 0.2) is 11.4 Å². The molecule has 0 aromatic carbocycles. The van der Waals surface area contributed by atoms with Crippen molar-refractivity contribution in [2.45, 2.75) is 38.3 Å². The van der Waals surface area contributed by atoms with Crippen LogP contribution in [-0.4, -0.2) is 43.5 Å². The number of amidine groups is 1. The lowest BCUT2D eigenvalue weighted by Gasteiger charge is -2.27. The topological polar surface area (TPSA) is 92.6 Å². The van der Waals surface area contributed by atoms with Crippen LogP contribution in [0.25, 0.3) is 0 Å². The van der Waals surface area contributed by atoms with Crippen LogP contribution in [0.3, 0.4) is 0 Å². The van der Waals surface area contributed by atoms with E-state index < -0.39 is 0 Å². The van der Waals surface area contributed by atoms with Gasteiger partial charge in [0.25, 0.3) is 0 Å². The molecule has 1 aromatic heterocycles. The highest BCUT2D eigenvalue weighted by molar-refractivity contribution is 5.81. The predicted molar refractivity (Wildman–Crippen MR) is 67.1 cm³/mol. The zero-order chi connectivity index (χ0) is 13.0. The first-order valence-corrected chi connectivity index (χ1v) is 6.24. The molecule has 0 bridgehead atoms. The van der Waals surface area contributed by atoms with Crippen LogP contribution in [0.5, 0.6) is 0 Å². The van der Waals surface area contributed by atoms with Crippen molar-refractivity contribution in [2.24, 2.45) is 17.9 Å². The van der Waals surface area contributed by atoms with Crippen molar-refractivity contribution < 1.29 is 5.21 Å². The number of hydrogen-bond donors (Lipinski definition) is 2. The van der Waals surface area contributed by atoms with Crippen molar-refractivity contribution in [3.63, 3.8) is 0 Å². The minimum atomic E-state index is 0.241. The van der Waals surface area contributed by atoms with Gasteiger partial charge in [-0.2, -0.15) is 0 Å². The van der Waals surface area contributed by atoms with Crippen molar-refractivity contribution in [3.05, 3.63) is 11.9 Å². The van der Waals surface area contributed by atoms with Crippen molar-refractivity contribution in [1.82, 2.24) is 19.9 Å². The van der Waals surface area contributed by atoms with Gasteiger partial charge in [0, 0.05) is 25.8 Å². The van der Waals surface area contributed by atoms with Crippen LogP contribution >= 0.6 is 0 Å². The molecule has 0 aliphatic heterocycles. The van der Waals surface area contributed by atoms with E-state index in [1.54, 1.807) is 4.68 Å². The number of oxime groups is 1. The summed E-state index contributed by atoms with van der Waals surface area (Å²) < 4.78 is 1.69. The first kappa shape index (κ1) is 12.8. The molecule has 0 atom stereocenters. The molecule has 1 aliphatic carbocycles. The molecule has 0 unspecified atom stereocenters. The molecule has 0 radical (unpaired) electrons.